The Morgan fingerprint density at radius 3 is 2.96 bits per heavy atom. The van der Waals surface area contributed by atoms with Gasteiger partial charge in [0.1, 0.15) is 12.2 Å². The molecule has 3 rings (SSSR count). The number of nitrogens with one attached hydrogen (secondary N) is 2. The maximum absolute atomic E-state index is 12.5. The summed E-state index contributed by atoms with van der Waals surface area (Å²) in [4.78, 5) is 16.7. The van der Waals surface area contributed by atoms with Gasteiger partial charge in [-0.1, -0.05) is 23.8 Å². The number of amides is 1. The van der Waals surface area contributed by atoms with Crippen molar-refractivity contribution in [3.8, 4) is 17.3 Å². The van der Waals surface area contributed by atoms with E-state index in [0.29, 0.717) is 28.8 Å². The minimum absolute atomic E-state index is 0.0269. The highest BCUT2D eigenvalue weighted by molar-refractivity contribution is 7.71. The van der Waals surface area contributed by atoms with Gasteiger partial charge in [0.05, 0.1) is 6.61 Å². The van der Waals surface area contributed by atoms with E-state index in [2.05, 4.69) is 20.5 Å². The largest absolute Gasteiger partial charge is 0.476 e. The Morgan fingerprint density at radius 1 is 1.35 bits per heavy atom. The first-order chi connectivity index (χ1) is 12.6. The van der Waals surface area contributed by atoms with Crippen LogP contribution in [0.3, 0.4) is 0 Å². The molecule has 0 atom stereocenters. The summed E-state index contributed by atoms with van der Waals surface area (Å²) in [6.07, 6.45) is 1.61. The van der Waals surface area contributed by atoms with Gasteiger partial charge < -0.3 is 10.1 Å². The minimum atomic E-state index is -0.245. The molecule has 1 aromatic carbocycles. The van der Waals surface area contributed by atoms with Crippen molar-refractivity contribution in [3.05, 3.63) is 52.9 Å². The molecule has 26 heavy (non-hydrogen) atoms. The zero-order valence-electron chi connectivity index (χ0n) is 14.5. The second-order valence-corrected chi connectivity index (χ2v) is 6.03. The third-order valence-corrected chi connectivity index (χ3v) is 3.97. The fraction of sp³-hybridized carbons (Fsp3) is 0.222. The van der Waals surface area contributed by atoms with Crippen LogP contribution in [0.5, 0.6) is 5.88 Å². The monoisotopic (exact) mass is 369 g/mol. The van der Waals surface area contributed by atoms with Crippen LogP contribution in [0.1, 0.15) is 12.5 Å². The summed E-state index contributed by atoms with van der Waals surface area (Å²) in [6, 6.07) is 11.3. The molecule has 2 heterocycles. The predicted octanol–water partition coefficient (Wildman–Crippen LogP) is 3.35. The van der Waals surface area contributed by atoms with Crippen LogP contribution in [-0.4, -0.2) is 32.3 Å². The van der Waals surface area contributed by atoms with Gasteiger partial charge in [-0.2, -0.15) is 5.10 Å². The zero-order valence-corrected chi connectivity index (χ0v) is 15.3. The lowest BCUT2D eigenvalue weighted by atomic mass is 10.1. The molecule has 0 unspecified atom stereocenters. The first-order valence-corrected chi connectivity index (χ1v) is 8.59. The summed E-state index contributed by atoms with van der Waals surface area (Å²) in [5.74, 6) is 0.758. The third-order valence-electron chi connectivity index (χ3n) is 3.66. The molecule has 0 aliphatic rings. The molecular weight excluding hydrogens is 350 g/mol. The van der Waals surface area contributed by atoms with E-state index in [1.807, 2.05) is 38.1 Å². The standard InChI is InChI=1S/C18H19N5O2S/c1-3-25-17-14(8-5-9-19-17)20-15(24)11-23-16(21-22-18(23)26)13-7-4-6-12(2)10-13/h4-10H,3,11H2,1-2H3,(H,20,24)(H,22,26). The fourth-order valence-electron chi connectivity index (χ4n) is 2.54. The number of aryl methyl sites for hydroxylation is 1. The fourth-order valence-corrected chi connectivity index (χ4v) is 2.74. The minimum Gasteiger partial charge on any atom is -0.476 e. The van der Waals surface area contributed by atoms with Crippen LogP contribution in [0.25, 0.3) is 11.4 Å². The highest BCUT2D eigenvalue weighted by atomic mass is 32.1. The van der Waals surface area contributed by atoms with Crippen LogP contribution in [0.15, 0.2) is 42.6 Å². The Kier molecular flexibility index (Phi) is 5.43. The summed E-state index contributed by atoms with van der Waals surface area (Å²) >= 11 is 5.28. The van der Waals surface area contributed by atoms with Gasteiger partial charge in [-0.25, -0.2) is 4.98 Å². The smallest absolute Gasteiger partial charge is 0.244 e. The summed E-state index contributed by atoms with van der Waals surface area (Å²) in [5, 5.41) is 9.83. The highest BCUT2D eigenvalue weighted by Gasteiger charge is 2.14. The summed E-state index contributed by atoms with van der Waals surface area (Å²) in [5.41, 5.74) is 2.51. The number of hydrogen-bond acceptors (Lipinski definition) is 5. The lowest BCUT2D eigenvalue weighted by molar-refractivity contribution is -0.116. The van der Waals surface area contributed by atoms with Gasteiger partial charge in [0.15, 0.2) is 10.6 Å². The van der Waals surface area contributed by atoms with Gasteiger partial charge in [-0.15, -0.1) is 0 Å². The molecule has 7 nitrogen and oxygen atoms in total. The molecule has 0 fully saturated rings. The van der Waals surface area contributed by atoms with Crippen molar-refractivity contribution in [2.45, 2.75) is 20.4 Å². The molecule has 0 saturated carbocycles. The second-order valence-electron chi connectivity index (χ2n) is 5.65. The highest BCUT2D eigenvalue weighted by Crippen LogP contribution is 2.21. The number of anilines is 1. The van der Waals surface area contributed by atoms with E-state index >= 15 is 0 Å². The van der Waals surface area contributed by atoms with E-state index in [-0.39, 0.29) is 12.5 Å². The number of hydrogen-bond donors (Lipinski definition) is 2. The Labute approximate surface area is 156 Å². The molecule has 0 aliphatic carbocycles. The average Bonchev–Trinajstić information content (AvgIpc) is 2.97. The number of nitrogens with zero attached hydrogens (tertiary/aromatic N) is 3. The molecule has 3 aromatic rings. The van der Waals surface area contributed by atoms with Crippen molar-refractivity contribution in [2.75, 3.05) is 11.9 Å². The first kappa shape index (κ1) is 17.8. The number of rotatable bonds is 6. The van der Waals surface area contributed by atoms with Crippen molar-refractivity contribution >= 4 is 23.8 Å². The number of pyridine rings is 1. The number of carbonyl (C=O) groups excluding carboxylic acids is 1. The van der Waals surface area contributed by atoms with Crippen molar-refractivity contribution in [2.24, 2.45) is 0 Å². The van der Waals surface area contributed by atoms with Crippen molar-refractivity contribution < 1.29 is 9.53 Å². The summed E-state index contributed by atoms with van der Waals surface area (Å²) < 4.78 is 7.48. The molecule has 0 radical (unpaired) electrons. The molecule has 1 amide bonds. The van der Waals surface area contributed by atoms with E-state index in [0.717, 1.165) is 11.1 Å². The molecule has 0 spiro atoms. The van der Waals surface area contributed by atoms with Crippen LogP contribution in [0, 0.1) is 11.7 Å². The number of aromatic nitrogens is 4. The van der Waals surface area contributed by atoms with Gasteiger partial charge in [-0.05, 0) is 44.3 Å². The number of benzene rings is 1. The topological polar surface area (TPSA) is 84.8 Å². The third kappa shape index (κ3) is 3.97. The normalized spacial score (nSPS) is 10.5. The Balaban J connectivity index is 1.83. The van der Waals surface area contributed by atoms with E-state index in [1.54, 1.807) is 22.9 Å². The number of ether oxygens (including phenoxy) is 1. The molecular formula is C18H19N5O2S. The molecule has 0 saturated heterocycles. The van der Waals surface area contributed by atoms with Gasteiger partial charge in [-0.3, -0.25) is 14.5 Å². The number of aromatic amines is 1. The van der Waals surface area contributed by atoms with Gasteiger partial charge in [0.2, 0.25) is 11.8 Å². The second kappa shape index (κ2) is 7.92. The molecule has 134 valence electrons. The Hall–Kier alpha value is -3.00. The van der Waals surface area contributed by atoms with E-state index in [1.165, 1.54) is 0 Å². The van der Waals surface area contributed by atoms with Crippen LogP contribution in [-0.2, 0) is 11.3 Å². The van der Waals surface area contributed by atoms with Crippen LogP contribution in [0.2, 0.25) is 0 Å². The van der Waals surface area contributed by atoms with E-state index < -0.39 is 0 Å². The molecule has 2 N–H and O–H groups in total. The van der Waals surface area contributed by atoms with Crippen molar-refractivity contribution in [3.63, 3.8) is 0 Å². The maximum Gasteiger partial charge on any atom is 0.244 e. The average molecular weight is 369 g/mol. The predicted molar refractivity (Wildman–Crippen MR) is 102 cm³/mol. The van der Waals surface area contributed by atoms with Gasteiger partial charge >= 0.3 is 0 Å². The van der Waals surface area contributed by atoms with Crippen molar-refractivity contribution in [1.29, 1.82) is 0 Å². The van der Waals surface area contributed by atoms with E-state index in [4.69, 9.17) is 17.0 Å². The zero-order chi connectivity index (χ0) is 18.5. The van der Waals surface area contributed by atoms with E-state index in [9.17, 15) is 4.79 Å². The number of carbonyl (C=O) groups is 1. The maximum atomic E-state index is 12.5. The van der Waals surface area contributed by atoms with Crippen LogP contribution >= 0.6 is 12.2 Å². The summed E-state index contributed by atoms with van der Waals surface area (Å²) in [7, 11) is 0. The van der Waals surface area contributed by atoms with Crippen LogP contribution < -0.4 is 10.1 Å². The lowest BCUT2D eigenvalue weighted by Gasteiger charge is -2.11. The molecule has 0 bridgehead atoms. The molecule has 0 aliphatic heterocycles. The molecule has 2 aromatic heterocycles. The Morgan fingerprint density at radius 2 is 2.19 bits per heavy atom. The molecule has 8 heteroatoms. The van der Waals surface area contributed by atoms with Gasteiger partial charge in [0, 0.05) is 11.8 Å². The number of H-pyrrole nitrogens is 1. The summed E-state index contributed by atoms with van der Waals surface area (Å²) in [6.45, 7) is 4.35. The van der Waals surface area contributed by atoms with Crippen LogP contribution in [0.4, 0.5) is 5.69 Å². The quantitative estimate of drug-likeness (QED) is 0.651. The lowest BCUT2D eigenvalue weighted by Crippen LogP contribution is -2.20. The van der Waals surface area contributed by atoms with Crippen molar-refractivity contribution in [1.82, 2.24) is 19.7 Å². The van der Waals surface area contributed by atoms with Gasteiger partial charge in [0.25, 0.3) is 0 Å². The SMILES string of the molecule is CCOc1ncccc1NC(=O)Cn1c(-c2cccc(C)c2)n[nH]c1=S. The first-order valence-electron chi connectivity index (χ1n) is 8.18. The Bertz CT molecular complexity index is 979.